The number of nitrogens with two attached hydrogens (primary N) is 1. The molecule has 1 aromatic heterocycles. The average molecular weight is 386 g/mol. The first kappa shape index (κ1) is 17.1. The van der Waals surface area contributed by atoms with E-state index in [4.69, 9.17) is 5.73 Å². The minimum absolute atomic E-state index is 0.0674. The highest BCUT2D eigenvalue weighted by molar-refractivity contribution is 7.90. The van der Waals surface area contributed by atoms with Gasteiger partial charge in [0.1, 0.15) is 0 Å². The highest BCUT2D eigenvalue weighted by Crippen LogP contribution is 2.42. The van der Waals surface area contributed by atoms with Gasteiger partial charge in [0.2, 0.25) is 0 Å². The van der Waals surface area contributed by atoms with E-state index in [0.29, 0.717) is 4.90 Å². The second-order valence-electron chi connectivity index (χ2n) is 6.41. The van der Waals surface area contributed by atoms with Crippen molar-refractivity contribution < 1.29 is 8.42 Å². The highest BCUT2D eigenvalue weighted by atomic mass is 32.2. The molecule has 4 rings (SSSR count). The summed E-state index contributed by atoms with van der Waals surface area (Å²) in [6.07, 6.45) is 2.06. The molecule has 1 aliphatic rings. The van der Waals surface area contributed by atoms with Crippen molar-refractivity contribution in [2.75, 3.05) is 23.4 Å². The van der Waals surface area contributed by atoms with E-state index in [1.54, 1.807) is 29.5 Å². The zero-order valence-corrected chi connectivity index (χ0v) is 15.9. The summed E-state index contributed by atoms with van der Waals surface area (Å²) < 4.78 is 24.0. The van der Waals surface area contributed by atoms with Crippen LogP contribution in [0.2, 0.25) is 0 Å². The van der Waals surface area contributed by atoms with Gasteiger partial charge in [0, 0.05) is 36.2 Å². The van der Waals surface area contributed by atoms with Gasteiger partial charge in [-0.25, -0.2) is 13.4 Å². The number of rotatable bonds is 3. The Kier molecular flexibility index (Phi) is 4.20. The third kappa shape index (κ3) is 2.97. The second kappa shape index (κ2) is 6.41. The lowest BCUT2D eigenvalue weighted by Gasteiger charge is -2.37. The molecule has 134 valence electrons. The molecule has 2 aromatic carbocycles. The number of thiazole rings is 1. The van der Waals surface area contributed by atoms with Crippen LogP contribution in [0, 0.1) is 0 Å². The zero-order chi connectivity index (χ0) is 18.3. The summed E-state index contributed by atoms with van der Waals surface area (Å²) in [5.74, 6) is 0. The normalized spacial score (nSPS) is 17.1. The number of nitrogens with zero attached hydrogens (tertiary/aromatic N) is 2. The molecule has 26 heavy (non-hydrogen) atoms. The maximum Gasteiger partial charge on any atom is 0.175 e. The molecular weight excluding hydrogens is 366 g/mol. The lowest BCUT2D eigenvalue weighted by molar-refractivity contribution is 0.601. The standard InChI is InChI=1S/C19H19N3O2S2/c1-26(23,24)14-6-4-5-13(11-14)22-10-9-17-19(25-12-21-17)18(22)15-7-2-3-8-16(15)20/h2-8,11-12,18H,9-10,20H2,1H3. The number of nitrogen functional groups attached to an aromatic ring is 1. The molecule has 0 amide bonds. The smallest absolute Gasteiger partial charge is 0.175 e. The first-order valence-corrected chi connectivity index (χ1v) is 11.1. The molecule has 0 saturated carbocycles. The van der Waals surface area contributed by atoms with Gasteiger partial charge < -0.3 is 10.6 Å². The molecule has 3 aromatic rings. The average Bonchev–Trinajstić information content (AvgIpc) is 3.10. The first-order chi connectivity index (χ1) is 12.4. The van der Waals surface area contributed by atoms with Crippen LogP contribution in [0.1, 0.15) is 22.2 Å². The molecule has 0 aliphatic carbocycles. The second-order valence-corrected chi connectivity index (χ2v) is 9.31. The van der Waals surface area contributed by atoms with Crippen LogP contribution in [0.15, 0.2) is 58.9 Å². The van der Waals surface area contributed by atoms with Crippen molar-refractivity contribution in [3.8, 4) is 0 Å². The number of fused-ring (bicyclic) bond motifs is 1. The zero-order valence-electron chi connectivity index (χ0n) is 14.3. The van der Waals surface area contributed by atoms with E-state index < -0.39 is 9.84 Å². The third-order valence-electron chi connectivity index (χ3n) is 4.69. The lowest BCUT2D eigenvalue weighted by Crippen LogP contribution is -2.36. The minimum Gasteiger partial charge on any atom is -0.398 e. The Balaban J connectivity index is 1.87. The molecule has 0 fully saturated rings. The maximum absolute atomic E-state index is 12.0. The van der Waals surface area contributed by atoms with E-state index in [-0.39, 0.29) is 6.04 Å². The summed E-state index contributed by atoms with van der Waals surface area (Å²) in [6, 6.07) is 14.9. The number of para-hydroxylation sites is 1. The summed E-state index contributed by atoms with van der Waals surface area (Å²) in [4.78, 5) is 8.21. The molecule has 5 nitrogen and oxygen atoms in total. The van der Waals surface area contributed by atoms with Gasteiger partial charge in [-0.05, 0) is 24.3 Å². The van der Waals surface area contributed by atoms with Crippen molar-refractivity contribution in [3.63, 3.8) is 0 Å². The Hall–Kier alpha value is -2.38. The largest absolute Gasteiger partial charge is 0.398 e. The number of aromatic nitrogens is 1. The molecule has 0 bridgehead atoms. The first-order valence-electron chi connectivity index (χ1n) is 8.28. The van der Waals surface area contributed by atoms with Gasteiger partial charge >= 0.3 is 0 Å². The molecule has 2 N–H and O–H groups in total. The Morgan fingerprint density at radius 1 is 1.19 bits per heavy atom. The molecule has 2 heterocycles. The molecule has 1 aliphatic heterocycles. The fourth-order valence-corrected chi connectivity index (χ4v) is 5.05. The van der Waals surface area contributed by atoms with Gasteiger partial charge in [-0.3, -0.25) is 0 Å². The Bertz CT molecular complexity index is 1060. The number of benzene rings is 2. The van der Waals surface area contributed by atoms with Crippen LogP contribution in [-0.2, 0) is 16.3 Å². The van der Waals surface area contributed by atoms with E-state index >= 15 is 0 Å². The van der Waals surface area contributed by atoms with E-state index in [1.807, 2.05) is 35.8 Å². The van der Waals surface area contributed by atoms with Gasteiger partial charge in [-0.15, -0.1) is 11.3 Å². The van der Waals surface area contributed by atoms with Crippen molar-refractivity contribution in [1.29, 1.82) is 0 Å². The fraction of sp³-hybridized carbons (Fsp3) is 0.211. The van der Waals surface area contributed by atoms with Crippen LogP contribution < -0.4 is 10.6 Å². The summed E-state index contributed by atoms with van der Waals surface area (Å²) in [7, 11) is -3.27. The predicted octanol–water partition coefficient (Wildman–Crippen LogP) is 3.28. The van der Waals surface area contributed by atoms with Crippen LogP contribution >= 0.6 is 11.3 Å². The van der Waals surface area contributed by atoms with E-state index in [9.17, 15) is 8.42 Å². The van der Waals surface area contributed by atoms with Crippen LogP contribution in [-0.4, -0.2) is 26.2 Å². The topological polar surface area (TPSA) is 76.3 Å². The summed E-state index contributed by atoms with van der Waals surface area (Å²) >= 11 is 1.62. The molecule has 0 saturated heterocycles. The highest BCUT2D eigenvalue weighted by Gasteiger charge is 2.32. The minimum atomic E-state index is -3.27. The Morgan fingerprint density at radius 2 is 2.00 bits per heavy atom. The fourth-order valence-electron chi connectivity index (χ4n) is 3.43. The molecule has 1 atom stereocenters. The quantitative estimate of drug-likeness (QED) is 0.700. The monoisotopic (exact) mass is 385 g/mol. The summed E-state index contributed by atoms with van der Waals surface area (Å²) in [5, 5.41) is 0. The van der Waals surface area contributed by atoms with Crippen molar-refractivity contribution in [3.05, 3.63) is 70.2 Å². The molecule has 0 radical (unpaired) electrons. The van der Waals surface area contributed by atoms with Crippen LogP contribution in [0.5, 0.6) is 0 Å². The number of anilines is 2. The van der Waals surface area contributed by atoms with Crippen LogP contribution in [0.4, 0.5) is 11.4 Å². The Morgan fingerprint density at radius 3 is 2.77 bits per heavy atom. The van der Waals surface area contributed by atoms with Crippen LogP contribution in [0.25, 0.3) is 0 Å². The summed E-state index contributed by atoms with van der Waals surface area (Å²) in [5.41, 5.74) is 11.9. The van der Waals surface area contributed by atoms with Gasteiger partial charge in [-0.1, -0.05) is 24.3 Å². The van der Waals surface area contributed by atoms with Crippen LogP contribution in [0.3, 0.4) is 0 Å². The molecule has 7 heteroatoms. The van der Waals surface area contributed by atoms with E-state index in [2.05, 4.69) is 9.88 Å². The van der Waals surface area contributed by atoms with E-state index in [1.165, 1.54) is 11.1 Å². The van der Waals surface area contributed by atoms with Gasteiger partial charge in [-0.2, -0.15) is 0 Å². The number of hydrogen-bond acceptors (Lipinski definition) is 6. The van der Waals surface area contributed by atoms with Crippen molar-refractivity contribution in [2.45, 2.75) is 17.4 Å². The Labute approximate surface area is 157 Å². The number of sulfone groups is 1. The molecule has 1 unspecified atom stereocenters. The lowest BCUT2D eigenvalue weighted by atomic mass is 9.95. The van der Waals surface area contributed by atoms with Gasteiger partial charge in [0.15, 0.2) is 9.84 Å². The molecule has 0 spiro atoms. The molecular formula is C19H19N3O2S2. The van der Waals surface area contributed by atoms with Gasteiger partial charge in [0.25, 0.3) is 0 Å². The predicted molar refractivity (Wildman–Crippen MR) is 105 cm³/mol. The summed E-state index contributed by atoms with van der Waals surface area (Å²) in [6.45, 7) is 0.753. The van der Waals surface area contributed by atoms with Crippen molar-refractivity contribution in [1.82, 2.24) is 4.98 Å². The maximum atomic E-state index is 12.0. The van der Waals surface area contributed by atoms with Gasteiger partial charge in [0.05, 0.1) is 27.0 Å². The van der Waals surface area contributed by atoms with Crippen molar-refractivity contribution in [2.24, 2.45) is 0 Å². The third-order valence-corrected chi connectivity index (χ3v) is 6.72. The SMILES string of the molecule is CS(=O)(=O)c1cccc(N2CCc3ncsc3C2c2ccccc2N)c1. The number of hydrogen-bond donors (Lipinski definition) is 1. The van der Waals surface area contributed by atoms with E-state index in [0.717, 1.165) is 35.6 Å². The van der Waals surface area contributed by atoms with Crippen molar-refractivity contribution >= 4 is 32.5 Å².